The molecule has 6 heteroatoms. The quantitative estimate of drug-likeness (QED) is 0.644. The third kappa shape index (κ3) is 1.98. The highest BCUT2D eigenvalue weighted by Gasteiger charge is 2.43. The van der Waals surface area contributed by atoms with Crippen LogP contribution in [0.2, 0.25) is 0 Å². The first-order valence-corrected chi connectivity index (χ1v) is 4.72. The number of nitrogens with zero attached hydrogens (tertiary/aromatic N) is 2. The Labute approximate surface area is 92.4 Å². The molecule has 6 nitrogen and oxygen atoms in total. The van der Waals surface area contributed by atoms with E-state index in [1.54, 1.807) is 6.07 Å². The second-order valence-corrected chi connectivity index (χ2v) is 3.89. The Morgan fingerprint density at radius 2 is 2.19 bits per heavy atom. The molecule has 86 valence electrons. The predicted octanol–water partition coefficient (Wildman–Crippen LogP) is 0.911. The van der Waals surface area contributed by atoms with Gasteiger partial charge in [-0.2, -0.15) is 5.26 Å². The summed E-state index contributed by atoms with van der Waals surface area (Å²) in [7, 11) is 0. The Balaban J connectivity index is 3.05. The van der Waals surface area contributed by atoms with Crippen molar-refractivity contribution >= 4 is 12.1 Å². The molecule has 16 heavy (non-hydrogen) atoms. The van der Waals surface area contributed by atoms with Gasteiger partial charge in [-0.05, 0) is 18.9 Å². The molecule has 0 spiro atoms. The molecule has 1 aliphatic rings. The van der Waals surface area contributed by atoms with E-state index in [2.05, 4.69) is 0 Å². The van der Waals surface area contributed by atoms with Gasteiger partial charge in [-0.1, -0.05) is 0 Å². The molecule has 0 radical (unpaired) electrons. The topological polar surface area (TPSA) is 102 Å². The van der Waals surface area contributed by atoms with E-state index in [0.717, 1.165) is 4.90 Å². The zero-order valence-electron chi connectivity index (χ0n) is 8.80. The zero-order chi connectivity index (χ0) is 12.3. The molecular formula is C10H12N2O4. The fourth-order valence-corrected chi connectivity index (χ4v) is 1.77. The highest BCUT2D eigenvalue weighted by atomic mass is 16.4. The average molecular weight is 224 g/mol. The summed E-state index contributed by atoms with van der Waals surface area (Å²) in [5.74, 6) is -1.11. The van der Waals surface area contributed by atoms with Crippen LogP contribution >= 0.6 is 0 Å². The van der Waals surface area contributed by atoms with Gasteiger partial charge in [0.05, 0.1) is 6.07 Å². The summed E-state index contributed by atoms with van der Waals surface area (Å²) in [6.07, 6.45) is 0.346. The average Bonchev–Trinajstić information content (AvgIpc) is 2.21. The van der Waals surface area contributed by atoms with Crippen LogP contribution in [0.15, 0.2) is 11.6 Å². The number of amides is 1. The molecule has 0 aliphatic carbocycles. The summed E-state index contributed by atoms with van der Waals surface area (Å²) in [5.41, 5.74) is -0.827. The van der Waals surface area contributed by atoms with Gasteiger partial charge < -0.3 is 15.1 Å². The van der Waals surface area contributed by atoms with Crippen molar-refractivity contribution in [2.75, 3.05) is 13.1 Å². The number of carboxylic acids is 1. The van der Waals surface area contributed by atoms with E-state index >= 15 is 0 Å². The van der Waals surface area contributed by atoms with Gasteiger partial charge in [-0.3, -0.25) is 4.79 Å². The lowest BCUT2D eigenvalue weighted by Crippen LogP contribution is -2.49. The summed E-state index contributed by atoms with van der Waals surface area (Å²) in [6, 6.07) is 1.80. The van der Waals surface area contributed by atoms with Gasteiger partial charge >= 0.3 is 12.1 Å². The van der Waals surface area contributed by atoms with E-state index in [0.29, 0.717) is 5.57 Å². The third-order valence-electron chi connectivity index (χ3n) is 2.85. The standard InChI is InChI=1S/C10H12N2O4/c1-10(8(13)14)6-12(9(15)16)5-3-7(10)2-4-11/h2H,3,5-6H2,1H3,(H,13,14)(H,15,16)/b7-2+. The van der Waals surface area contributed by atoms with Crippen LogP contribution in [0.1, 0.15) is 13.3 Å². The first-order chi connectivity index (χ1) is 7.41. The molecule has 1 heterocycles. The van der Waals surface area contributed by atoms with Gasteiger partial charge in [0.25, 0.3) is 0 Å². The van der Waals surface area contributed by atoms with Crippen LogP contribution in [-0.2, 0) is 4.79 Å². The number of rotatable bonds is 1. The lowest BCUT2D eigenvalue weighted by molar-refractivity contribution is -0.147. The van der Waals surface area contributed by atoms with Crippen LogP contribution in [-0.4, -0.2) is 40.3 Å². The minimum absolute atomic E-state index is 0.120. The highest BCUT2D eigenvalue weighted by Crippen LogP contribution is 2.35. The summed E-state index contributed by atoms with van der Waals surface area (Å²) >= 11 is 0. The molecule has 0 aromatic heterocycles. The summed E-state index contributed by atoms with van der Waals surface area (Å²) < 4.78 is 0. The van der Waals surface area contributed by atoms with Crippen LogP contribution in [0.5, 0.6) is 0 Å². The van der Waals surface area contributed by atoms with Crippen molar-refractivity contribution in [3.63, 3.8) is 0 Å². The molecule has 1 saturated heterocycles. The maximum absolute atomic E-state index is 11.2. The number of carboxylic acid groups (broad SMARTS) is 2. The van der Waals surface area contributed by atoms with E-state index in [9.17, 15) is 9.59 Å². The van der Waals surface area contributed by atoms with Crippen LogP contribution in [0.4, 0.5) is 4.79 Å². The van der Waals surface area contributed by atoms with Crippen LogP contribution in [0.25, 0.3) is 0 Å². The van der Waals surface area contributed by atoms with Crippen molar-refractivity contribution in [3.05, 3.63) is 11.6 Å². The van der Waals surface area contributed by atoms with E-state index in [1.807, 2.05) is 0 Å². The number of piperidine rings is 1. The van der Waals surface area contributed by atoms with Crippen LogP contribution < -0.4 is 0 Å². The molecular weight excluding hydrogens is 212 g/mol. The number of nitriles is 1. The molecule has 2 N–H and O–H groups in total. The van der Waals surface area contributed by atoms with Crippen molar-refractivity contribution in [1.82, 2.24) is 4.90 Å². The molecule has 1 rings (SSSR count). The molecule has 0 saturated carbocycles. The van der Waals surface area contributed by atoms with E-state index < -0.39 is 17.5 Å². The molecule has 1 fully saturated rings. The SMILES string of the molecule is CC1(C(=O)O)CN(C(=O)O)CC/C1=C\C#N. The fraction of sp³-hybridized carbons (Fsp3) is 0.500. The van der Waals surface area contributed by atoms with E-state index in [4.69, 9.17) is 15.5 Å². The molecule has 1 aliphatic heterocycles. The largest absolute Gasteiger partial charge is 0.481 e. The minimum Gasteiger partial charge on any atom is -0.481 e. The first kappa shape index (κ1) is 12.0. The maximum atomic E-state index is 11.2. The summed E-state index contributed by atoms with van der Waals surface area (Å²) in [5, 5.41) is 26.5. The fourth-order valence-electron chi connectivity index (χ4n) is 1.77. The Hall–Kier alpha value is -2.03. The lowest BCUT2D eigenvalue weighted by atomic mass is 9.77. The first-order valence-electron chi connectivity index (χ1n) is 4.72. The second kappa shape index (κ2) is 4.23. The number of hydrogen-bond acceptors (Lipinski definition) is 3. The normalized spacial score (nSPS) is 27.5. The van der Waals surface area contributed by atoms with Crippen molar-refractivity contribution in [2.45, 2.75) is 13.3 Å². The van der Waals surface area contributed by atoms with Gasteiger partial charge in [-0.15, -0.1) is 0 Å². The molecule has 0 bridgehead atoms. The van der Waals surface area contributed by atoms with Gasteiger partial charge in [0.2, 0.25) is 0 Å². The Morgan fingerprint density at radius 3 is 2.62 bits per heavy atom. The minimum atomic E-state index is -1.30. The third-order valence-corrected chi connectivity index (χ3v) is 2.85. The van der Waals surface area contributed by atoms with Gasteiger partial charge in [0, 0.05) is 19.2 Å². The monoisotopic (exact) mass is 224 g/mol. The summed E-state index contributed by atoms with van der Waals surface area (Å²) in [6.45, 7) is 1.55. The Bertz CT molecular complexity index is 396. The summed E-state index contributed by atoms with van der Waals surface area (Å²) in [4.78, 5) is 23.0. The number of aliphatic carboxylic acids is 1. The van der Waals surface area contributed by atoms with Crippen molar-refractivity contribution < 1.29 is 19.8 Å². The molecule has 0 aromatic rings. The predicted molar refractivity (Wildman–Crippen MR) is 53.7 cm³/mol. The van der Waals surface area contributed by atoms with E-state index in [1.165, 1.54) is 13.0 Å². The Morgan fingerprint density at radius 1 is 1.56 bits per heavy atom. The van der Waals surface area contributed by atoms with Gasteiger partial charge in [0.15, 0.2) is 0 Å². The second-order valence-electron chi connectivity index (χ2n) is 3.89. The van der Waals surface area contributed by atoms with Crippen molar-refractivity contribution in [2.24, 2.45) is 5.41 Å². The lowest BCUT2D eigenvalue weighted by Gasteiger charge is -2.37. The van der Waals surface area contributed by atoms with Crippen LogP contribution in [0, 0.1) is 16.7 Å². The molecule has 1 atom stereocenters. The zero-order valence-corrected chi connectivity index (χ0v) is 8.80. The maximum Gasteiger partial charge on any atom is 0.407 e. The smallest absolute Gasteiger partial charge is 0.407 e. The van der Waals surface area contributed by atoms with Gasteiger partial charge in [-0.25, -0.2) is 4.79 Å². The van der Waals surface area contributed by atoms with Gasteiger partial charge in [0.1, 0.15) is 5.41 Å². The van der Waals surface area contributed by atoms with E-state index in [-0.39, 0.29) is 19.5 Å². The number of carbonyl (C=O) groups is 2. The molecule has 0 aromatic carbocycles. The number of likely N-dealkylation sites (tertiary alicyclic amines) is 1. The highest BCUT2D eigenvalue weighted by molar-refractivity contribution is 5.80. The Kier molecular flexibility index (Phi) is 3.18. The van der Waals surface area contributed by atoms with Crippen LogP contribution in [0.3, 0.4) is 0 Å². The van der Waals surface area contributed by atoms with Crippen molar-refractivity contribution in [3.8, 4) is 6.07 Å². The number of hydrogen-bond donors (Lipinski definition) is 2. The van der Waals surface area contributed by atoms with Crippen molar-refractivity contribution in [1.29, 1.82) is 5.26 Å². The number of allylic oxidation sites excluding steroid dienone is 1. The molecule has 1 amide bonds. The molecule has 1 unspecified atom stereocenters.